The molecule has 10 heteroatoms. The molecule has 8 atom stereocenters. The Morgan fingerprint density at radius 2 is 1.74 bits per heavy atom. The zero-order chi connectivity index (χ0) is 29.3. The van der Waals surface area contributed by atoms with Crippen molar-refractivity contribution < 1.29 is 43.9 Å². The van der Waals surface area contributed by atoms with E-state index in [4.69, 9.17) is 14.2 Å². The number of hydrogen-bond acceptors (Lipinski definition) is 9. The SMILES string of the molecule is C=C[C@@]1(C)CC[C@H]2[C@](C)(O1)[C@@H](OC(=O)C(C)NC(=O)OC(C)(C)C)C[C@H]1C(C)(C)C(O)C(O)(O)C(=O)[C@@]12C. The van der Waals surface area contributed by atoms with Crippen LogP contribution < -0.4 is 5.32 Å². The molecule has 10 nitrogen and oxygen atoms in total. The van der Waals surface area contributed by atoms with Gasteiger partial charge in [-0.25, -0.2) is 9.59 Å². The maximum absolute atomic E-state index is 13.7. The Balaban J connectivity index is 2.01. The lowest BCUT2D eigenvalue weighted by Crippen LogP contribution is -2.77. The summed E-state index contributed by atoms with van der Waals surface area (Å²) in [5.74, 6) is -5.67. The van der Waals surface area contributed by atoms with Crippen molar-refractivity contribution >= 4 is 17.8 Å². The standard InChI is InChI=1S/C28H45NO9/c1-11-25(8)13-12-16-26(9)17(24(6,7)20(31)28(34,35)21(26)32)14-18(27(16,10)38-25)36-19(30)15(2)29-22(33)37-23(3,4)5/h11,15-18,20,31,34-35H,1,12-14H2,2-10H3,(H,29,33)/t15?,16-,17+,18+,20?,25+,26-,27+/m1/s1. The van der Waals surface area contributed by atoms with E-state index < -0.39 is 81.4 Å². The minimum absolute atomic E-state index is 0.119. The highest BCUT2D eigenvalue weighted by Crippen LogP contribution is 2.66. The van der Waals surface area contributed by atoms with Gasteiger partial charge in [0.05, 0.1) is 5.60 Å². The number of hydrogen-bond donors (Lipinski definition) is 4. The Kier molecular flexibility index (Phi) is 7.46. The Hall–Kier alpha value is -2.01. The zero-order valence-corrected chi connectivity index (χ0v) is 24.1. The number of aliphatic hydroxyl groups is 3. The molecule has 0 bridgehead atoms. The monoisotopic (exact) mass is 539 g/mol. The van der Waals surface area contributed by atoms with Crippen molar-refractivity contribution in [3.63, 3.8) is 0 Å². The predicted molar refractivity (Wildman–Crippen MR) is 138 cm³/mol. The highest BCUT2D eigenvalue weighted by Gasteiger charge is 2.75. The summed E-state index contributed by atoms with van der Waals surface area (Å²) >= 11 is 0. The summed E-state index contributed by atoms with van der Waals surface area (Å²) in [6, 6.07) is -1.04. The molecule has 216 valence electrons. The summed E-state index contributed by atoms with van der Waals surface area (Å²) in [4.78, 5) is 39.2. The molecule has 4 N–H and O–H groups in total. The summed E-state index contributed by atoms with van der Waals surface area (Å²) < 4.78 is 17.9. The van der Waals surface area contributed by atoms with E-state index in [1.807, 2.05) is 6.92 Å². The molecule has 2 saturated carbocycles. The second-order valence-corrected chi connectivity index (χ2v) is 13.5. The fraction of sp³-hybridized carbons (Fsp3) is 0.821. The summed E-state index contributed by atoms with van der Waals surface area (Å²) in [5, 5.41) is 34.9. The van der Waals surface area contributed by atoms with Gasteiger partial charge in [0.1, 0.15) is 29.5 Å². The second-order valence-electron chi connectivity index (χ2n) is 13.5. The van der Waals surface area contributed by atoms with Crippen molar-refractivity contribution in [1.29, 1.82) is 0 Å². The first kappa shape index (κ1) is 30.5. The number of aliphatic hydroxyl groups excluding tert-OH is 1. The highest BCUT2D eigenvalue weighted by atomic mass is 16.6. The maximum Gasteiger partial charge on any atom is 0.408 e. The first-order valence-electron chi connectivity index (χ1n) is 13.3. The zero-order valence-electron chi connectivity index (χ0n) is 24.1. The van der Waals surface area contributed by atoms with E-state index in [1.165, 1.54) is 6.92 Å². The van der Waals surface area contributed by atoms with Gasteiger partial charge in [0.2, 0.25) is 5.78 Å². The topological polar surface area (TPSA) is 152 Å². The van der Waals surface area contributed by atoms with E-state index in [9.17, 15) is 29.7 Å². The first-order valence-corrected chi connectivity index (χ1v) is 13.3. The van der Waals surface area contributed by atoms with Gasteiger partial charge in [0, 0.05) is 16.7 Å². The van der Waals surface area contributed by atoms with Gasteiger partial charge in [0.15, 0.2) is 0 Å². The highest BCUT2D eigenvalue weighted by molar-refractivity contribution is 5.93. The van der Waals surface area contributed by atoms with Crippen molar-refractivity contribution in [1.82, 2.24) is 5.32 Å². The van der Waals surface area contributed by atoms with E-state index in [0.717, 1.165) is 0 Å². The number of Topliss-reactive ketones (excluding diaryl/α,β-unsaturated/α-hetero) is 1. The largest absolute Gasteiger partial charge is 0.458 e. The molecule has 0 spiro atoms. The summed E-state index contributed by atoms with van der Waals surface area (Å²) in [6.45, 7) is 19.2. The lowest BCUT2D eigenvalue weighted by atomic mass is 9.41. The normalized spacial score (nSPS) is 40.7. The van der Waals surface area contributed by atoms with Gasteiger partial charge in [-0.1, -0.05) is 26.8 Å². The van der Waals surface area contributed by atoms with Crippen LogP contribution in [0.1, 0.15) is 81.6 Å². The maximum atomic E-state index is 13.7. The van der Waals surface area contributed by atoms with Crippen LogP contribution in [0.4, 0.5) is 4.79 Å². The summed E-state index contributed by atoms with van der Waals surface area (Å²) in [6.07, 6.45) is -0.627. The number of carbonyl (C=O) groups is 3. The molecule has 0 radical (unpaired) electrons. The van der Waals surface area contributed by atoms with Gasteiger partial charge >= 0.3 is 12.1 Å². The number of rotatable bonds is 4. The van der Waals surface area contributed by atoms with E-state index in [2.05, 4.69) is 11.9 Å². The van der Waals surface area contributed by atoms with Crippen LogP contribution in [0.15, 0.2) is 12.7 Å². The molecule has 2 aliphatic carbocycles. The minimum atomic E-state index is -2.94. The van der Waals surface area contributed by atoms with Gasteiger partial charge in [-0.05, 0) is 66.7 Å². The number of fused-ring (bicyclic) bond motifs is 3. The molecule has 0 aromatic carbocycles. The molecule has 2 unspecified atom stereocenters. The third-order valence-corrected chi connectivity index (χ3v) is 9.20. The average molecular weight is 540 g/mol. The number of ether oxygens (including phenoxy) is 3. The van der Waals surface area contributed by atoms with E-state index in [-0.39, 0.29) is 6.42 Å². The molecular weight excluding hydrogens is 494 g/mol. The van der Waals surface area contributed by atoms with Crippen molar-refractivity contribution in [2.75, 3.05) is 0 Å². The summed E-state index contributed by atoms with van der Waals surface area (Å²) in [7, 11) is 0. The molecule has 1 saturated heterocycles. The van der Waals surface area contributed by atoms with Crippen LogP contribution in [-0.2, 0) is 23.8 Å². The van der Waals surface area contributed by atoms with Crippen LogP contribution in [0, 0.1) is 22.7 Å². The summed E-state index contributed by atoms with van der Waals surface area (Å²) in [5.41, 5.74) is -5.16. The van der Waals surface area contributed by atoms with E-state index >= 15 is 0 Å². The van der Waals surface area contributed by atoms with Crippen LogP contribution in [0.25, 0.3) is 0 Å². The molecule has 1 aliphatic heterocycles. The van der Waals surface area contributed by atoms with Crippen LogP contribution in [0.5, 0.6) is 0 Å². The van der Waals surface area contributed by atoms with Gasteiger partial charge in [-0.15, -0.1) is 6.58 Å². The number of amides is 1. The Morgan fingerprint density at radius 3 is 2.26 bits per heavy atom. The number of esters is 1. The van der Waals surface area contributed by atoms with E-state index in [1.54, 1.807) is 54.5 Å². The minimum Gasteiger partial charge on any atom is -0.458 e. The van der Waals surface area contributed by atoms with Gasteiger partial charge in [0.25, 0.3) is 5.79 Å². The smallest absolute Gasteiger partial charge is 0.408 e. The Morgan fingerprint density at radius 1 is 1.16 bits per heavy atom. The number of alkyl carbamates (subject to hydrolysis) is 1. The quantitative estimate of drug-likeness (QED) is 0.240. The number of ketones is 1. The molecule has 1 amide bonds. The average Bonchev–Trinajstić information content (AvgIpc) is 2.77. The Bertz CT molecular complexity index is 1000. The Labute approximate surface area is 225 Å². The van der Waals surface area contributed by atoms with Crippen molar-refractivity contribution in [3.8, 4) is 0 Å². The molecular formula is C28H45NO9. The lowest BCUT2D eigenvalue weighted by Gasteiger charge is -2.67. The molecule has 1 heterocycles. The first-order chi connectivity index (χ1) is 17.1. The van der Waals surface area contributed by atoms with Crippen LogP contribution in [0.3, 0.4) is 0 Å². The van der Waals surface area contributed by atoms with Crippen LogP contribution in [0.2, 0.25) is 0 Å². The molecule has 0 aromatic heterocycles. The molecule has 38 heavy (non-hydrogen) atoms. The fourth-order valence-corrected chi connectivity index (χ4v) is 7.18. The second kappa shape index (κ2) is 9.28. The molecule has 3 rings (SSSR count). The van der Waals surface area contributed by atoms with Crippen molar-refractivity contribution in [2.45, 2.75) is 122 Å². The van der Waals surface area contributed by atoms with Crippen molar-refractivity contribution in [2.24, 2.45) is 22.7 Å². The molecule has 3 fully saturated rings. The third-order valence-electron chi connectivity index (χ3n) is 9.20. The molecule has 3 aliphatic rings. The van der Waals surface area contributed by atoms with Crippen LogP contribution in [-0.4, -0.2) is 74.0 Å². The molecule has 0 aromatic rings. The van der Waals surface area contributed by atoms with Crippen LogP contribution >= 0.6 is 0 Å². The van der Waals surface area contributed by atoms with Gasteiger partial charge in [-0.2, -0.15) is 0 Å². The van der Waals surface area contributed by atoms with Gasteiger partial charge in [-0.3, -0.25) is 4.79 Å². The van der Waals surface area contributed by atoms with Crippen molar-refractivity contribution in [3.05, 3.63) is 12.7 Å². The lowest BCUT2D eigenvalue weighted by molar-refractivity contribution is -0.325. The third kappa shape index (κ3) is 4.78. The van der Waals surface area contributed by atoms with Gasteiger partial charge < -0.3 is 34.8 Å². The number of carbonyl (C=O) groups excluding carboxylic acids is 3. The number of nitrogens with one attached hydrogen (secondary N) is 1. The fourth-order valence-electron chi connectivity index (χ4n) is 7.18. The predicted octanol–water partition coefficient (Wildman–Crippen LogP) is 2.62. The van der Waals surface area contributed by atoms with E-state index in [0.29, 0.717) is 12.8 Å².